The van der Waals surface area contributed by atoms with Gasteiger partial charge in [-0.15, -0.1) is 0 Å². The van der Waals surface area contributed by atoms with Crippen molar-refractivity contribution in [3.8, 4) is 0 Å². The number of thiophene rings is 1. The van der Waals surface area contributed by atoms with Crippen LogP contribution in [-0.4, -0.2) is 33.2 Å². The molecule has 0 unspecified atom stereocenters. The molecular formula is C17H23N3O2S2. The van der Waals surface area contributed by atoms with Gasteiger partial charge in [-0.3, -0.25) is 0 Å². The van der Waals surface area contributed by atoms with Gasteiger partial charge < -0.3 is 10.6 Å². The lowest BCUT2D eigenvalue weighted by atomic mass is 10.3. The average Bonchev–Trinajstić information content (AvgIpc) is 3.11. The topological polar surface area (TPSA) is 70.6 Å². The fraction of sp³-hybridized carbons (Fsp3) is 0.353. The number of benzene rings is 1. The maximum absolute atomic E-state index is 12.2. The third kappa shape index (κ3) is 5.98. The molecule has 0 aliphatic rings. The maximum atomic E-state index is 12.2. The van der Waals surface area contributed by atoms with Crippen LogP contribution < -0.4 is 10.6 Å². The van der Waals surface area contributed by atoms with Crippen molar-refractivity contribution in [1.82, 2.24) is 10.6 Å². The minimum Gasteiger partial charge on any atom is -0.357 e. The van der Waals surface area contributed by atoms with Gasteiger partial charge in [-0.2, -0.15) is 11.3 Å². The SMILES string of the molecule is CCNC(=NCc1ccsc1)NCCCS(=O)(=O)c1ccccc1. The lowest BCUT2D eigenvalue weighted by molar-refractivity contribution is 0.592. The number of rotatable bonds is 8. The van der Waals surface area contributed by atoms with E-state index in [0.717, 1.165) is 6.54 Å². The van der Waals surface area contributed by atoms with Crippen LogP contribution in [0.2, 0.25) is 0 Å². The highest BCUT2D eigenvalue weighted by molar-refractivity contribution is 7.91. The molecule has 0 saturated heterocycles. The molecule has 2 N–H and O–H groups in total. The van der Waals surface area contributed by atoms with Crippen LogP contribution in [0.25, 0.3) is 0 Å². The molecule has 24 heavy (non-hydrogen) atoms. The van der Waals surface area contributed by atoms with Crippen LogP contribution >= 0.6 is 11.3 Å². The molecule has 2 aromatic rings. The normalized spacial score (nSPS) is 12.1. The number of nitrogens with one attached hydrogen (secondary N) is 2. The first-order valence-corrected chi connectivity index (χ1v) is 10.5. The van der Waals surface area contributed by atoms with E-state index in [1.807, 2.05) is 24.4 Å². The van der Waals surface area contributed by atoms with Crippen LogP contribution in [0.4, 0.5) is 0 Å². The molecule has 1 aromatic heterocycles. The van der Waals surface area contributed by atoms with Crippen LogP contribution in [-0.2, 0) is 16.4 Å². The summed E-state index contributed by atoms with van der Waals surface area (Å²) in [4.78, 5) is 4.88. The lowest BCUT2D eigenvalue weighted by Gasteiger charge is -2.11. The maximum Gasteiger partial charge on any atom is 0.191 e. The van der Waals surface area contributed by atoms with E-state index in [9.17, 15) is 8.42 Å². The minimum atomic E-state index is -3.22. The summed E-state index contributed by atoms with van der Waals surface area (Å²) < 4.78 is 24.4. The van der Waals surface area contributed by atoms with Crippen LogP contribution in [0, 0.1) is 0 Å². The first-order chi connectivity index (χ1) is 11.6. The Hall–Kier alpha value is -1.86. The van der Waals surface area contributed by atoms with Gasteiger partial charge in [0.25, 0.3) is 0 Å². The van der Waals surface area contributed by atoms with Crippen LogP contribution in [0.15, 0.2) is 57.0 Å². The van der Waals surface area contributed by atoms with Crippen molar-refractivity contribution in [3.05, 3.63) is 52.7 Å². The molecule has 0 bridgehead atoms. The van der Waals surface area contributed by atoms with E-state index in [1.54, 1.807) is 35.6 Å². The summed E-state index contributed by atoms with van der Waals surface area (Å²) in [6.07, 6.45) is 0.528. The first-order valence-electron chi connectivity index (χ1n) is 7.93. The second kappa shape index (κ2) is 9.44. The van der Waals surface area contributed by atoms with Crippen molar-refractivity contribution in [2.45, 2.75) is 24.8 Å². The van der Waals surface area contributed by atoms with Crippen molar-refractivity contribution >= 4 is 27.1 Å². The van der Waals surface area contributed by atoms with Crippen molar-refractivity contribution in [2.24, 2.45) is 4.99 Å². The molecule has 1 aromatic carbocycles. The monoisotopic (exact) mass is 365 g/mol. The Kier molecular flexibility index (Phi) is 7.27. The fourth-order valence-corrected chi connectivity index (χ4v) is 4.10. The number of hydrogen-bond donors (Lipinski definition) is 2. The third-order valence-corrected chi connectivity index (χ3v) is 5.88. The van der Waals surface area contributed by atoms with E-state index in [4.69, 9.17) is 0 Å². The Morgan fingerprint density at radius 2 is 1.96 bits per heavy atom. The predicted molar refractivity (Wildman–Crippen MR) is 100 cm³/mol. The summed E-state index contributed by atoms with van der Waals surface area (Å²) in [6, 6.07) is 10.6. The van der Waals surface area contributed by atoms with Gasteiger partial charge in [-0.1, -0.05) is 18.2 Å². The highest BCUT2D eigenvalue weighted by atomic mass is 32.2. The molecule has 0 atom stereocenters. The standard InChI is InChI=1S/C17H23N3O2S2/c1-2-18-17(20-13-15-9-11-23-14-15)19-10-6-12-24(21,22)16-7-4-3-5-8-16/h3-5,7-9,11,14H,2,6,10,12-13H2,1H3,(H2,18,19,20). The van der Waals surface area contributed by atoms with Gasteiger partial charge in [0.05, 0.1) is 17.2 Å². The summed E-state index contributed by atoms with van der Waals surface area (Å²) >= 11 is 1.65. The summed E-state index contributed by atoms with van der Waals surface area (Å²) in [7, 11) is -3.22. The van der Waals surface area contributed by atoms with Gasteiger partial charge in [0, 0.05) is 13.1 Å². The first kappa shape index (κ1) is 18.5. The Bertz CT molecular complexity index is 726. The highest BCUT2D eigenvalue weighted by Crippen LogP contribution is 2.10. The second-order valence-corrected chi connectivity index (χ2v) is 8.13. The van der Waals surface area contributed by atoms with E-state index >= 15 is 0 Å². The van der Waals surface area contributed by atoms with Gasteiger partial charge in [0.15, 0.2) is 15.8 Å². The summed E-state index contributed by atoms with van der Waals surface area (Å²) in [5.41, 5.74) is 1.17. The van der Waals surface area contributed by atoms with E-state index in [-0.39, 0.29) is 5.75 Å². The molecular weight excluding hydrogens is 342 g/mol. The number of hydrogen-bond acceptors (Lipinski definition) is 4. The molecule has 0 amide bonds. The zero-order valence-corrected chi connectivity index (χ0v) is 15.4. The van der Waals surface area contributed by atoms with Crippen molar-refractivity contribution in [2.75, 3.05) is 18.8 Å². The van der Waals surface area contributed by atoms with Gasteiger partial charge in [0.2, 0.25) is 0 Å². The lowest BCUT2D eigenvalue weighted by Crippen LogP contribution is -2.38. The highest BCUT2D eigenvalue weighted by Gasteiger charge is 2.13. The molecule has 1 heterocycles. The molecule has 7 heteroatoms. The summed E-state index contributed by atoms with van der Waals surface area (Å²) in [5.74, 6) is 0.828. The van der Waals surface area contributed by atoms with Crippen LogP contribution in [0.3, 0.4) is 0 Å². The Labute approximate surface area is 147 Å². The van der Waals surface area contributed by atoms with E-state index in [0.29, 0.717) is 30.4 Å². The third-order valence-electron chi connectivity index (χ3n) is 3.33. The van der Waals surface area contributed by atoms with E-state index in [2.05, 4.69) is 21.0 Å². The molecule has 0 spiro atoms. The number of sulfone groups is 1. The molecule has 130 valence electrons. The van der Waals surface area contributed by atoms with Crippen LogP contribution in [0.5, 0.6) is 0 Å². The second-order valence-electron chi connectivity index (χ2n) is 5.24. The van der Waals surface area contributed by atoms with Crippen molar-refractivity contribution < 1.29 is 8.42 Å². The Morgan fingerprint density at radius 3 is 2.62 bits per heavy atom. The number of nitrogens with zero attached hydrogens (tertiary/aromatic N) is 1. The van der Waals surface area contributed by atoms with Gasteiger partial charge in [0.1, 0.15) is 0 Å². The molecule has 0 fully saturated rings. The smallest absolute Gasteiger partial charge is 0.191 e. The number of guanidine groups is 1. The predicted octanol–water partition coefficient (Wildman–Crippen LogP) is 2.67. The zero-order valence-electron chi connectivity index (χ0n) is 13.7. The van der Waals surface area contributed by atoms with E-state index < -0.39 is 9.84 Å². The molecule has 0 aliphatic heterocycles. The molecule has 2 rings (SSSR count). The van der Waals surface area contributed by atoms with Gasteiger partial charge in [-0.05, 0) is 47.9 Å². The summed E-state index contributed by atoms with van der Waals surface area (Å²) in [5, 5.41) is 10.4. The molecule has 0 radical (unpaired) electrons. The molecule has 0 saturated carbocycles. The fourth-order valence-electron chi connectivity index (χ4n) is 2.11. The van der Waals surface area contributed by atoms with Gasteiger partial charge >= 0.3 is 0 Å². The van der Waals surface area contributed by atoms with Crippen molar-refractivity contribution in [3.63, 3.8) is 0 Å². The quantitative estimate of drug-likeness (QED) is 0.429. The summed E-state index contributed by atoms with van der Waals surface area (Å²) in [6.45, 7) is 3.93. The Morgan fingerprint density at radius 1 is 1.17 bits per heavy atom. The average molecular weight is 366 g/mol. The molecule has 5 nitrogen and oxygen atoms in total. The largest absolute Gasteiger partial charge is 0.357 e. The van der Waals surface area contributed by atoms with Crippen molar-refractivity contribution in [1.29, 1.82) is 0 Å². The van der Waals surface area contributed by atoms with Gasteiger partial charge in [-0.25, -0.2) is 13.4 Å². The van der Waals surface area contributed by atoms with Crippen LogP contribution in [0.1, 0.15) is 18.9 Å². The van der Waals surface area contributed by atoms with E-state index in [1.165, 1.54) is 5.56 Å². The number of aliphatic imine (C=N–C) groups is 1. The minimum absolute atomic E-state index is 0.119. The zero-order chi connectivity index (χ0) is 17.3. The molecule has 0 aliphatic carbocycles. The Balaban J connectivity index is 1.81.